The van der Waals surface area contributed by atoms with Gasteiger partial charge in [0.15, 0.2) is 0 Å². The lowest BCUT2D eigenvalue weighted by atomic mass is 9.92. The van der Waals surface area contributed by atoms with Gasteiger partial charge < -0.3 is 10.2 Å². The Bertz CT molecular complexity index is 700. The molecule has 5 nitrogen and oxygen atoms in total. The lowest BCUT2D eigenvalue weighted by Gasteiger charge is -2.14. The molecule has 0 aliphatic heterocycles. The van der Waals surface area contributed by atoms with Crippen molar-refractivity contribution in [1.29, 1.82) is 0 Å². The highest BCUT2D eigenvalue weighted by molar-refractivity contribution is 6.30. The smallest absolute Gasteiger partial charge is 0.338 e. The SMILES string of the molecule is Cc1nc(C)c(C(=O)O)c(-c2ccc(Cl)cc2)c1C(=O)O. The second-order valence-electron chi connectivity index (χ2n) is 4.52. The molecule has 0 aliphatic carbocycles. The van der Waals surface area contributed by atoms with Crippen LogP contribution in [0.4, 0.5) is 0 Å². The summed E-state index contributed by atoms with van der Waals surface area (Å²) in [6.45, 7) is 3.09. The largest absolute Gasteiger partial charge is 0.478 e. The van der Waals surface area contributed by atoms with Gasteiger partial charge in [0.05, 0.1) is 22.5 Å². The zero-order valence-electron chi connectivity index (χ0n) is 11.3. The summed E-state index contributed by atoms with van der Waals surface area (Å²) in [5.41, 5.74) is 0.949. The summed E-state index contributed by atoms with van der Waals surface area (Å²) < 4.78 is 0. The van der Waals surface area contributed by atoms with Gasteiger partial charge in [-0.3, -0.25) is 4.98 Å². The molecule has 2 N–H and O–H groups in total. The summed E-state index contributed by atoms with van der Waals surface area (Å²) in [4.78, 5) is 27.1. The van der Waals surface area contributed by atoms with Crippen LogP contribution in [0.3, 0.4) is 0 Å². The second-order valence-corrected chi connectivity index (χ2v) is 4.96. The molecule has 0 spiro atoms. The zero-order valence-corrected chi connectivity index (χ0v) is 12.1. The molecular formula is C15H12ClNO4. The van der Waals surface area contributed by atoms with Crippen molar-refractivity contribution in [2.75, 3.05) is 0 Å². The van der Waals surface area contributed by atoms with Crippen LogP contribution in [0.1, 0.15) is 32.1 Å². The number of carboxylic acid groups (broad SMARTS) is 2. The minimum atomic E-state index is -1.22. The summed E-state index contributed by atoms with van der Waals surface area (Å²) in [6.07, 6.45) is 0. The molecule has 0 fully saturated rings. The summed E-state index contributed by atoms with van der Waals surface area (Å²) in [7, 11) is 0. The quantitative estimate of drug-likeness (QED) is 0.907. The highest BCUT2D eigenvalue weighted by atomic mass is 35.5. The highest BCUT2D eigenvalue weighted by Gasteiger charge is 2.25. The van der Waals surface area contributed by atoms with Gasteiger partial charge in [-0.15, -0.1) is 0 Å². The fourth-order valence-electron chi connectivity index (χ4n) is 2.28. The lowest BCUT2D eigenvalue weighted by molar-refractivity contribution is 0.0695. The topological polar surface area (TPSA) is 87.5 Å². The van der Waals surface area contributed by atoms with Gasteiger partial charge in [-0.2, -0.15) is 0 Å². The van der Waals surface area contributed by atoms with Gasteiger partial charge in [-0.25, -0.2) is 9.59 Å². The Labute approximate surface area is 125 Å². The maximum absolute atomic E-state index is 11.5. The number of benzene rings is 1. The lowest BCUT2D eigenvalue weighted by Crippen LogP contribution is -2.13. The van der Waals surface area contributed by atoms with Gasteiger partial charge in [-0.05, 0) is 31.5 Å². The van der Waals surface area contributed by atoms with E-state index in [0.717, 1.165) is 0 Å². The Morgan fingerprint density at radius 2 is 1.38 bits per heavy atom. The van der Waals surface area contributed by atoms with E-state index in [2.05, 4.69) is 4.98 Å². The van der Waals surface area contributed by atoms with Crippen LogP contribution >= 0.6 is 11.6 Å². The van der Waals surface area contributed by atoms with Crippen LogP contribution in [0, 0.1) is 13.8 Å². The van der Waals surface area contributed by atoms with Crippen molar-refractivity contribution in [1.82, 2.24) is 4.98 Å². The Morgan fingerprint density at radius 3 is 1.76 bits per heavy atom. The molecule has 0 bridgehead atoms. The first-order chi connectivity index (χ1) is 9.82. The summed E-state index contributed by atoms with van der Waals surface area (Å²) in [5, 5.41) is 19.3. The van der Waals surface area contributed by atoms with Crippen LogP contribution in [0.2, 0.25) is 5.02 Å². The summed E-state index contributed by atoms with van der Waals surface area (Å²) in [5.74, 6) is -2.43. The standard InChI is InChI=1S/C15H12ClNO4/c1-7-11(14(18)19)13(9-3-5-10(16)6-4-9)12(15(20)21)8(2)17-7/h3-6H,1-2H3,(H,18,19)(H,20,21). The van der Waals surface area contributed by atoms with Crippen LogP contribution < -0.4 is 0 Å². The molecule has 0 atom stereocenters. The first-order valence-corrected chi connectivity index (χ1v) is 6.44. The number of carbonyl (C=O) groups is 2. The molecule has 1 heterocycles. The Morgan fingerprint density at radius 1 is 0.952 bits per heavy atom. The zero-order chi connectivity index (χ0) is 15.7. The van der Waals surface area contributed by atoms with Gasteiger partial charge in [0, 0.05) is 10.6 Å². The molecule has 6 heteroatoms. The van der Waals surface area contributed by atoms with E-state index < -0.39 is 11.9 Å². The molecule has 1 aromatic carbocycles. The van der Waals surface area contributed by atoms with E-state index in [1.54, 1.807) is 38.1 Å². The Kier molecular flexibility index (Phi) is 3.95. The first-order valence-electron chi connectivity index (χ1n) is 6.06. The van der Waals surface area contributed by atoms with Crippen molar-refractivity contribution >= 4 is 23.5 Å². The molecule has 1 aromatic heterocycles. The molecule has 108 valence electrons. The first kappa shape index (κ1) is 15.0. The number of hydrogen-bond donors (Lipinski definition) is 2. The fourth-order valence-corrected chi connectivity index (χ4v) is 2.40. The number of aromatic carboxylic acids is 2. The minimum Gasteiger partial charge on any atom is -0.478 e. The monoisotopic (exact) mass is 305 g/mol. The number of nitrogens with zero attached hydrogens (tertiary/aromatic N) is 1. The third-order valence-corrected chi connectivity index (χ3v) is 3.37. The van der Waals surface area contributed by atoms with Crippen LogP contribution in [0.5, 0.6) is 0 Å². The van der Waals surface area contributed by atoms with Crippen LogP contribution in [0.15, 0.2) is 24.3 Å². The predicted molar refractivity (Wildman–Crippen MR) is 78.1 cm³/mol. The van der Waals surface area contributed by atoms with E-state index in [0.29, 0.717) is 10.6 Å². The van der Waals surface area contributed by atoms with E-state index in [9.17, 15) is 19.8 Å². The number of aromatic nitrogens is 1. The number of hydrogen-bond acceptors (Lipinski definition) is 3. The molecule has 2 aromatic rings. The third kappa shape index (κ3) is 2.73. The molecule has 0 saturated heterocycles. The van der Waals surface area contributed by atoms with Gasteiger partial charge >= 0.3 is 11.9 Å². The number of aryl methyl sites for hydroxylation is 2. The summed E-state index contributed by atoms with van der Waals surface area (Å²) in [6, 6.07) is 6.35. The van der Waals surface area contributed by atoms with Crippen molar-refractivity contribution in [3.8, 4) is 11.1 Å². The van der Waals surface area contributed by atoms with E-state index in [-0.39, 0.29) is 28.1 Å². The third-order valence-electron chi connectivity index (χ3n) is 3.12. The molecule has 0 saturated carbocycles. The van der Waals surface area contributed by atoms with Crippen LogP contribution in [-0.2, 0) is 0 Å². The average Bonchev–Trinajstić information content (AvgIpc) is 2.37. The molecule has 0 radical (unpaired) electrons. The van der Waals surface area contributed by atoms with Gasteiger partial charge in [0.25, 0.3) is 0 Å². The maximum atomic E-state index is 11.5. The number of carboxylic acids is 2. The van der Waals surface area contributed by atoms with Gasteiger partial charge in [0.1, 0.15) is 0 Å². The molecule has 21 heavy (non-hydrogen) atoms. The maximum Gasteiger partial charge on any atom is 0.338 e. The van der Waals surface area contributed by atoms with Crippen molar-refractivity contribution in [3.05, 3.63) is 51.8 Å². The van der Waals surface area contributed by atoms with Gasteiger partial charge in [0.2, 0.25) is 0 Å². The molecule has 0 unspecified atom stereocenters. The normalized spacial score (nSPS) is 10.4. The molecule has 0 aliphatic rings. The summed E-state index contributed by atoms with van der Waals surface area (Å²) >= 11 is 5.82. The van der Waals surface area contributed by atoms with Crippen molar-refractivity contribution < 1.29 is 19.8 Å². The van der Waals surface area contributed by atoms with E-state index in [1.807, 2.05) is 0 Å². The van der Waals surface area contributed by atoms with E-state index >= 15 is 0 Å². The molecule has 2 rings (SSSR count). The minimum absolute atomic E-state index is 0.111. The number of rotatable bonds is 3. The van der Waals surface area contributed by atoms with Crippen LogP contribution in [-0.4, -0.2) is 27.1 Å². The molecule has 0 amide bonds. The van der Waals surface area contributed by atoms with Gasteiger partial charge in [-0.1, -0.05) is 23.7 Å². The van der Waals surface area contributed by atoms with Crippen molar-refractivity contribution in [3.63, 3.8) is 0 Å². The van der Waals surface area contributed by atoms with Crippen molar-refractivity contribution in [2.24, 2.45) is 0 Å². The van der Waals surface area contributed by atoms with E-state index in [1.165, 1.54) is 0 Å². The Hall–Kier alpha value is -2.40. The number of pyridine rings is 1. The molecular weight excluding hydrogens is 294 g/mol. The highest BCUT2D eigenvalue weighted by Crippen LogP contribution is 2.32. The Balaban J connectivity index is 2.91. The number of halogens is 1. The fraction of sp³-hybridized carbons (Fsp3) is 0.133. The van der Waals surface area contributed by atoms with Crippen LogP contribution in [0.25, 0.3) is 11.1 Å². The van der Waals surface area contributed by atoms with E-state index in [4.69, 9.17) is 11.6 Å². The predicted octanol–water partition coefficient (Wildman–Crippen LogP) is 3.42. The average molecular weight is 306 g/mol. The second kappa shape index (κ2) is 5.54. The van der Waals surface area contributed by atoms with Crippen molar-refractivity contribution in [2.45, 2.75) is 13.8 Å².